The van der Waals surface area contributed by atoms with Crippen LogP contribution in [0.15, 0.2) is 29.2 Å². The molecule has 108 valence electrons. The van der Waals surface area contributed by atoms with E-state index >= 15 is 0 Å². The molecule has 19 heavy (non-hydrogen) atoms. The van der Waals surface area contributed by atoms with E-state index in [1.54, 1.807) is 12.1 Å². The molecule has 1 aromatic rings. The summed E-state index contributed by atoms with van der Waals surface area (Å²) in [5.74, 6) is 0.296. The summed E-state index contributed by atoms with van der Waals surface area (Å²) in [5.41, 5.74) is -3.36. The predicted molar refractivity (Wildman–Crippen MR) is 70.9 cm³/mol. The number of hydrogen-bond donors (Lipinski definition) is 2. The molecule has 0 aliphatic heterocycles. The molecule has 0 amide bonds. The lowest BCUT2D eigenvalue weighted by Gasteiger charge is -2.20. The minimum atomic E-state index is -4.25. The van der Waals surface area contributed by atoms with Crippen LogP contribution in [-0.2, 0) is 6.54 Å². The summed E-state index contributed by atoms with van der Waals surface area (Å²) in [6.07, 6.45) is 0. The van der Waals surface area contributed by atoms with Crippen LogP contribution in [0, 0.1) is 5.92 Å². The van der Waals surface area contributed by atoms with E-state index in [2.05, 4.69) is 5.32 Å². The molecule has 2 nitrogen and oxygen atoms in total. The first-order chi connectivity index (χ1) is 8.81. The van der Waals surface area contributed by atoms with Crippen molar-refractivity contribution in [2.75, 3.05) is 6.61 Å². The third kappa shape index (κ3) is 6.31. The summed E-state index contributed by atoms with van der Waals surface area (Å²) in [6, 6.07) is 6.23. The Morgan fingerprint density at radius 1 is 1.21 bits per heavy atom. The molecule has 1 aromatic carbocycles. The second-order valence-electron chi connectivity index (χ2n) is 4.61. The van der Waals surface area contributed by atoms with Crippen molar-refractivity contribution in [3.05, 3.63) is 29.8 Å². The summed E-state index contributed by atoms with van der Waals surface area (Å²) in [7, 11) is 0. The Morgan fingerprint density at radius 2 is 1.79 bits per heavy atom. The molecule has 1 atom stereocenters. The fraction of sp³-hybridized carbons (Fsp3) is 0.538. The highest BCUT2D eigenvalue weighted by atomic mass is 32.2. The van der Waals surface area contributed by atoms with Crippen LogP contribution in [0.2, 0.25) is 0 Å². The summed E-state index contributed by atoms with van der Waals surface area (Å²) in [6.45, 7) is 4.56. The topological polar surface area (TPSA) is 32.3 Å². The molecule has 0 saturated carbocycles. The number of rotatable bonds is 6. The summed E-state index contributed by atoms with van der Waals surface area (Å²) in [4.78, 5) is 0.179. The quantitative estimate of drug-likeness (QED) is 0.788. The minimum Gasteiger partial charge on any atom is -0.395 e. The molecule has 0 spiro atoms. The molecule has 1 rings (SSSR count). The molecule has 0 aliphatic rings. The second kappa shape index (κ2) is 7.17. The molecule has 0 aliphatic carbocycles. The monoisotopic (exact) mass is 293 g/mol. The number of halogens is 3. The van der Waals surface area contributed by atoms with Crippen molar-refractivity contribution in [1.82, 2.24) is 5.32 Å². The lowest BCUT2D eigenvalue weighted by molar-refractivity contribution is -0.0328. The zero-order valence-electron chi connectivity index (χ0n) is 10.9. The Labute approximate surface area is 115 Å². The van der Waals surface area contributed by atoms with Crippen molar-refractivity contribution < 1.29 is 18.3 Å². The molecular weight excluding hydrogens is 275 g/mol. The Bertz CT molecular complexity index is 378. The van der Waals surface area contributed by atoms with Crippen LogP contribution in [0.5, 0.6) is 0 Å². The van der Waals surface area contributed by atoms with Gasteiger partial charge in [-0.15, -0.1) is 0 Å². The van der Waals surface area contributed by atoms with E-state index in [1.807, 2.05) is 13.8 Å². The normalized spacial score (nSPS) is 13.8. The maximum absolute atomic E-state index is 12.2. The van der Waals surface area contributed by atoms with Crippen molar-refractivity contribution in [2.24, 2.45) is 5.92 Å². The molecule has 1 unspecified atom stereocenters. The highest BCUT2D eigenvalue weighted by Gasteiger charge is 2.28. The van der Waals surface area contributed by atoms with E-state index in [-0.39, 0.29) is 29.3 Å². The Morgan fingerprint density at radius 3 is 2.21 bits per heavy atom. The lowest BCUT2D eigenvalue weighted by Crippen LogP contribution is -2.36. The number of aliphatic hydroxyl groups excluding tert-OH is 1. The molecule has 0 radical (unpaired) electrons. The highest BCUT2D eigenvalue weighted by molar-refractivity contribution is 8.00. The van der Waals surface area contributed by atoms with Gasteiger partial charge in [-0.1, -0.05) is 26.0 Å². The van der Waals surface area contributed by atoms with Crippen LogP contribution in [0.25, 0.3) is 0 Å². The molecule has 0 bridgehead atoms. The number of hydrogen-bond acceptors (Lipinski definition) is 3. The van der Waals surface area contributed by atoms with Crippen LogP contribution in [0.1, 0.15) is 19.4 Å². The Balaban J connectivity index is 2.53. The van der Waals surface area contributed by atoms with E-state index in [0.29, 0.717) is 12.5 Å². The van der Waals surface area contributed by atoms with Crippen LogP contribution in [0.3, 0.4) is 0 Å². The molecule has 0 saturated heterocycles. The lowest BCUT2D eigenvalue weighted by atomic mass is 10.1. The third-order valence-corrected chi connectivity index (χ3v) is 3.47. The maximum Gasteiger partial charge on any atom is 0.446 e. The zero-order chi connectivity index (χ0) is 14.5. The van der Waals surface area contributed by atoms with Gasteiger partial charge in [-0.2, -0.15) is 13.2 Å². The predicted octanol–water partition coefficient (Wildman–Crippen LogP) is 3.41. The van der Waals surface area contributed by atoms with E-state index in [1.165, 1.54) is 12.1 Å². The number of thioether (sulfide) groups is 1. The molecule has 2 N–H and O–H groups in total. The van der Waals surface area contributed by atoms with E-state index in [0.717, 1.165) is 5.56 Å². The number of nitrogens with one attached hydrogen (secondary N) is 1. The molecule has 0 aromatic heterocycles. The Hall–Kier alpha value is -0.720. The van der Waals surface area contributed by atoms with Crippen molar-refractivity contribution >= 4 is 11.8 Å². The van der Waals surface area contributed by atoms with E-state index in [9.17, 15) is 13.2 Å². The first-order valence-electron chi connectivity index (χ1n) is 6.00. The molecular formula is C13H18F3NOS. The molecule has 6 heteroatoms. The van der Waals surface area contributed by atoms with Crippen LogP contribution >= 0.6 is 11.8 Å². The molecule has 0 fully saturated rings. The van der Waals surface area contributed by atoms with Gasteiger partial charge in [0.25, 0.3) is 0 Å². The van der Waals surface area contributed by atoms with Gasteiger partial charge in [0.05, 0.1) is 6.61 Å². The van der Waals surface area contributed by atoms with E-state index < -0.39 is 5.51 Å². The van der Waals surface area contributed by atoms with Crippen molar-refractivity contribution in [1.29, 1.82) is 0 Å². The fourth-order valence-electron chi connectivity index (χ4n) is 1.57. The number of alkyl halides is 3. The van der Waals surface area contributed by atoms with Crippen LogP contribution < -0.4 is 5.32 Å². The van der Waals surface area contributed by atoms with Crippen molar-refractivity contribution in [3.8, 4) is 0 Å². The van der Waals surface area contributed by atoms with Gasteiger partial charge in [0, 0.05) is 17.5 Å². The minimum absolute atomic E-state index is 0.00998. The standard InChI is InChI=1S/C13H18F3NOS/c1-9(2)12(8-18)17-7-10-3-5-11(6-4-10)19-13(14,15)16/h3-6,9,12,17-18H,7-8H2,1-2H3. The van der Waals surface area contributed by atoms with Crippen LogP contribution in [-0.4, -0.2) is 23.3 Å². The first kappa shape index (κ1) is 16.3. The fourth-order valence-corrected chi connectivity index (χ4v) is 2.11. The highest BCUT2D eigenvalue weighted by Crippen LogP contribution is 2.36. The van der Waals surface area contributed by atoms with Crippen LogP contribution in [0.4, 0.5) is 13.2 Å². The smallest absolute Gasteiger partial charge is 0.395 e. The van der Waals surface area contributed by atoms with Gasteiger partial charge in [0.2, 0.25) is 0 Å². The van der Waals surface area contributed by atoms with Crippen molar-refractivity contribution in [2.45, 2.75) is 36.8 Å². The third-order valence-electron chi connectivity index (χ3n) is 2.73. The van der Waals surface area contributed by atoms with Crippen molar-refractivity contribution in [3.63, 3.8) is 0 Å². The number of benzene rings is 1. The summed E-state index contributed by atoms with van der Waals surface area (Å²) >= 11 is -0.117. The first-order valence-corrected chi connectivity index (χ1v) is 6.82. The van der Waals surface area contributed by atoms with Gasteiger partial charge in [-0.05, 0) is 35.4 Å². The Kier molecular flexibility index (Phi) is 6.16. The van der Waals surface area contributed by atoms with Gasteiger partial charge >= 0.3 is 5.51 Å². The summed E-state index contributed by atoms with van der Waals surface area (Å²) < 4.78 is 36.5. The van der Waals surface area contributed by atoms with Gasteiger partial charge in [-0.25, -0.2) is 0 Å². The maximum atomic E-state index is 12.2. The second-order valence-corrected chi connectivity index (χ2v) is 5.74. The van der Waals surface area contributed by atoms with Gasteiger partial charge in [0.1, 0.15) is 0 Å². The average Bonchev–Trinajstić information content (AvgIpc) is 2.29. The van der Waals surface area contributed by atoms with Gasteiger partial charge in [0.15, 0.2) is 0 Å². The van der Waals surface area contributed by atoms with Gasteiger partial charge in [-0.3, -0.25) is 0 Å². The summed E-state index contributed by atoms with van der Waals surface area (Å²) in [5, 5.41) is 12.3. The SMILES string of the molecule is CC(C)C(CO)NCc1ccc(SC(F)(F)F)cc1. The molecule has 0 heterocycles. The zero-order valence-corrected chi connectivity index (χ0v) is 11.7. The van der Waals surface area contributed by atoms with Gasteiger partial charge < -0.3 is 10.4 Å². The number of aliphatic hydroxyl groups is 1. The largest absolute Gasteiger partial charge is 0.446 e. The average molecular weight is 293 g/mol. The van der Waals surface area contributed by atoms with E-state index in [4.69, 9.17) is 5.11 Å².